The highest BCUT2D eigenvalue weighted by Gasteiger charge is 2.23. The molecule has 1 heterocycles. The van der Waals surface area contributed by atoms with Gasteiger partial charge in [-0.3, -0.25) is 9.80 Å². The van der Waals surface area contributed by atoms with Crippen molar-refractivity contribution in [1.29, 1.82) is 0 Å². The first kappa shape index (κ1) is 10.8. The zero-order chi connectivity index (χ0) is 9.84. The molecule has 0 bridgehead atoms. The van der Waals surface area contributed by atoms with Gasteiger partial charge in [0, 0.05) is 19.1 Å². The molecule has 0 radical (unpaired) electrons. The number of amides is 1. The Morgan fingerprint density at radius 3 is 2.23 bits per heavy atom. The molecule has 0 aliphatic carbocycles. The number of halogens is 1. The highest BCUT2D eigenvalue weighted by Crippen LogP contribution is 2.15. The van der Waals surface area contributed by atoms with Crippen molar-refractivity contribution in [2.45, 2.75) is 39.2 Å². The summed E-state index contributed by atoms with van der Waals surface area (Å²) < 4.78 is 0. The standard InChI is InChI=1S/C9H17ClN2O/c1-8(2)12(9(10)13)11-6-4-3-5-7-11/h8H,3-7H2,1-2H3. The van der Waals surface area contributed by atoms with E-state index in [9.17, 15) is 4.79 Å². The number of hydrazine groups is 1. The van der Waals surface area contributed by atoms with Gasteiger partial charge >= 0.3 is 5.37 Å². The van der Waals surface area contributed by atoms with Gasteiger partial charge < -0.3 is 0 Å². The number of hydrogen-bond donors (Lipinski definition) is 0. The average Bonchev–Trinajstić information content (AvgIpc) is 2.04. The Morgan fingerprint density at radius 2 is 1.85 bits per heavy atom. The third kappa shape index (κ3) is 2.85. The van der Waals surface area contributed by atoms with Gasteiger partial charge in [0.1, 0.15) is 0 Å². The van der Waals surface area contributed by atoms with Crippen molar-refractivity contribution in [3.8, 4) is 0 Å². The normalized spacial score (nSPS) is 19.1. The summed E-state index contributed by atoms with van der Waals surface area (Å²) in [7, 11) is 0. The van der Waals surface area contributed by atoms with Gasteiger partial charge in [0.05, 0.1) is 0 Å². The summed E-state index contributed by atoms with van der Waals surface area (Å²) in [5.74, 6) is 0. The van der Waals surface area contributed by atoms with E-state index in [0.29, 0.717) is 0 Å². The van der Waals surface area contributed by atoms with Gasteiger partial charge in [-0.1, -0.05) is 6.42 Å². The Balaban J connectivity index is 2.57. The fourth-order valence-electron chi connectivity index (χ4n) is 1.73. The van der Waals surface area contributed by atoms with Crippen molar-refractivity contribution in [3.63, 3.8) is 0 Å². The van der Waals surface area contributed by atoms with E-state index in [2.05, 4.69) is 5.01 Å². The van der Waals surface area contributed by atoms with Gasteiger partial charge in [-0.25, -0.2) is 5.01 Å². The zero-order valence-electron chi connectivity index (χ0n) is 8.29. The molecule has 1 fully saturated rings. The maximum atomic E-state index is 11.1. The van der Waals surface area contributed by atoms with Crippen molar-refractivity contribution < 1.29 is 4.79 Å². The minimum Gasteiger partial charge on any atom is -0.259 e. The Bertz CT molecular complexity index is 178. The summed E-state index contributed by atoms with van der Waals surface area (Å²) in [6.45, 7) is 5.87. The van der Waals surface area contributed by atoms with Crippen LogP contribution in [0.15, 0.2) is 0 Å². The average molecular weight is 205 g/mol. The van der Waals surface area contributed by atoms with Gasteiger partial charge in [0.25, 0.3) is 0 Å². The maximum Gasteiger partial charge on any atom is 0.331 e. The van der Waals surface area contributed by atoms with Gasteiger partial charge in [-0.2, -0.15) is 0 Å². The lowest BCUT2D eigenvalue weighted by Crippen LogP contribution is -2.50. The third-order valence-corrected chi connectivity index (χ3v) is 2.48. The van der Waals surface area contributed by atoms with E-state index in [1.54, 1.807) is 5.01 Å². The molecule has 13 heavy (non-hydrogen) atoms. The molecule has 4 heteroatoms. The fraction of sp³-hybridized carbons (Fsp3) is 0.889. The molecule has 1 saturated heterocycles. The summed E-state index contributed by atoms with van der Waals surface area (Å²) in [4.78, 5) is 11.1. The number of carbonyl (C=O) groups is 1. The second-order valence-corrected chi connectivity index (χ2v) is 4.03. The van der Waals surface area contributed by atoms with Gasteiger partial charge in [0.2, 0.25) is 0 Å². The predicted molar refractivity (Wildman–Crippen MR) is 53.6 cm³/mol. The highest BCUT2D eigenvalue weighted by molar-refractivity contribution is 6.62. The van der Waals surface area contributed by atoms with Crippen LogP contribution in [0.1, 0.15) is 33.1 Å². The van der Waals surface area contributed by atoms with Crippen LogP contribution in [-0.2, 0) is 0 Å². The van der Waals surface area contributed by atoms with Crippen LogP contribution in [0.25, 0.3) is 0 Å². The molecule has 0 aromatic rings. The lowest BCUT2D eigenvalue weighted by atomic mass is 10.1. The van der Waals surface area contributed by atoms with Crippen LogP contribution in [0.4, 0.5) is 4.79 Å². The summed E-state index contributed by atoms with van der Waals surface area (Å²) in [6, 6.07) is 0.156. The van der Waals surface area contributed by atoms with Crippen LogP contribution in [-0.4, -0.2) is 34.5 Å². The quantitative estimate of drug-likeness (QED) is 0.510. The number of carbonyl (C=O) groups excluding carboxylic acids is 1. The number of piperidine rings is 1. The molecule has 0 aromatic carbocycles. The Labute approximate surface area is 84.6 Å². The van der Waals surface area contributed by atoms with Crippen LogP contribution >= 0.6 is 11.6 Å². The van der Waals surface area contributed by atoms with Crippen LogP contribution in [0.2, 0.25) is 0 Å². The molecule has 1 aliphatic rings. The van der Waals surface area contributed by atoms with Crippen LogP contribution in [0, 0.1) is 0 Å². The minimum absolute atomic E-state index is 0.156. The van der Waals surface area contributed by atoms with Crippen molar-refractivity contribution in [1.82, 2.24) is 10.0 Å². The summed E-state index contributed by atoms with van der Waals surface area (Å²) in [6.07, 6.45) is 3.58. The SMILES string of the molecule is CC(C)N(C(=O)Cl)N1CCCCC1. The van der Waals surface area contributed by atoms with Gasteiger partial charge in [-0.05, 0) is 38.3 Å². The lowest BCUT2D eigenvalue weighted by molar-refractivity contribution is -0.0135. The second-order valence-electron chi connectivity index (χ2n) is 3.71. The van der Waals surface area contributed by atoms with E-state index >= 15 is 0 Å². The number of hydrogen-bond acceptors (Lipinski definition) is 2. The van der Waals surface area contributed by atoms with E-state index in [1.807, 2.05) is 13.8 Å². The van der Waals surface area contributed by atoms with E-state index < -0.39 is 0 Å². The van der Waals surface area contributed by atoms with Crippen molar-refractivity contribution in [2.75, 3.05) is 13.1 Å². The molecule has 0 aromatic heterocycles. The largest absolute Gasteiger partial charge is 0.331 e. The molecule has 0 saturated carbocycles. The Morgan fingerprint density at radius 1 is 1.31 bits per heavy atom. The molecular formula is C9H17ClN2O. The predicted octanol–water partition coefficient (Wildman–Crippen LogP) is 2.46. The van der Waals surface area contributed by atoms with Crippen LogP contribution in [0.3, 0.4) is 0 Å². The first-order chi connectivity index (χ1) is 6.13. The summed E-state index contributed by atoms with van der Waals surface area (Å²) >= 11 is 5.52. The smallest absolute Gasteiger partial charge is 0.259 e. The first-order valence-corrected chi connectivity index (χ1v) is 5.24. The first-order valence-electron chi connectivity index (χ1n) is 4.86. The molecule has 0 N–H and O–H groups in total. The third-order valence-electron chi connectivity index (χ3n) is 2.31. The summed E-state index contributed by atoms with van der Waals surface area (Å²) in [5, 5.41) is 3.35. The molecule has 76 valence electrons. The zero-order valence-corrected chi connectivity index (χ0v) is 9.05. The molecule has 0 atom stereocenters. The number of rotatable bonds is 2. The van der Waals surface area contributed by atoms with Crippen LogP contribution < -0.4 is 0 Å². The van der Waals surface area contributed by atoms with Crippen LogP contribution in [0.5, 0.6) is 0 Å². The lowest BCUT2D eigenvalue weighted by Gasteiger charge is -2.38. The molecule has 1 rings (SSSR count). The number of nitrogens with zero attached hydrogens (tertiary/aromatic N) is 2. The minimum atomic E-state index is -0.364. The van der Waals surface area contributed by atoms with Crippen molar-refractivity contribution in [2.24, 2.45) is 0 Å². The van der Waals surface area contributed by atoms with E-state index in [-0.39, 0.29) is 11.4 Å². The van der Waals surface area contributed by atoms with Gasteiger partial charge in [-0.15, -0.1) is 0 Å². The fourth-order valence-corrected chi connectivity index (χ4v) is 2.04. The molecule has 3 nitrogen and oxygen atoms in total. The van der Waals surface area contributed by atoms with E-state index in [4.69, 9.17) is 11.6 Å². The maximum absolute atomic E-state index is 11.1. The Hall–Kier alpha value is -0.280. The van der Waals surface area contributed by atoms with E-state index in [1.165, 1.54) is 6.42 Å². The van der Waals surface area contributed by atoms with Crippen molar-refractivity contribution >= 4 is 17.0 Å². The molecule has 0 unspecified atom stereocenters. The highest BCUT2D eigenvalue weighted by atomic mass is 35.5. The molecule has 0 spiro atoms. The summed E-state index contributed by atoms with van der Waals surface area (Å²) in [5.41, 5.74) is 0. The Kier molecular flexibility index (Phi) is 4.00. The topological polar surface area (TPSA) is 23.6 Å². The molecule has 1 amide bonds. The molecule has 1 aliphatic heterocycles. The second kappa shape index (κ2) is 4.82. The van der Waals surface area contributed by atoms with Crippen molar-refractivity contribution in [3.05, 3.63) is 0 Å². The van der Waals surface area contributed by atoms with E-state index in [0.717, 1.165) is 25.9 Å². The molecular weight excluding hydrogens is 188 g/mol. The van der Waals surface area contributed by atoms with Gasteiger partial charge in [0.15, 0.2) is 0 Å². The monoisotopic (exact) mass is 204 g/mol.